The summed E-state index contributed by atoms with van der Waals surface area (Å²) in [5, 5.41) is 3.64. The van der Waals surface area contributed by atoms with Crippen molar-refractivity contribution in [1.82, 2.24) is 15.1 Å². The lowest BCUT2D eigenvalue weighted by Crippen LogP contribution is -2.50. The summed E-state index contributed by atoms with van der Waals surface area (Å²) in [4.78, 5) is 4.87. The first-order valence-electron chi connectivity index (χ1n) is 7.34. The zero-order valence-electron chi connectivity index (χ0n) is 12.0. The maximum atomic E-state index is 13.9. The smallest absolute Gasteiger partial charge is 0.146 e. The van der Waals surface area contributed by atoms with Crippen LogP contribution in [0.25, 0.3) is 0 Å². The average Bonchev–Trinajstić information content (AvgIpc) is 2.99. The summed E-state index contributed by atoms with van der Waals surface area (Å²) in [6.45, 7) is 7.07. The molecule has 2 aliphatic rings. The Kier molecular flexibility index (Phi) is 6.26. The predicted octanol–water partition coefficient (Wildman–Crippen LogP) is 2.38. The molecule has 2 saturated heterocycles. The topological polar surface area (TPSA) is 18.5 Å². The Labute approximate surface area is 136 Å². The Morgan fingerprint density at radius 3 is 2.67 bits per heavy atom. The highest BCUT2D eigenvalue weighted by atomic mass is 35.5. The van der Waals surface area contributed by atoms with Gasteiger partial charge in [0.05, 0.1) is 5.02 Å². The Morgan fingerprint density at radius 2 is 2.00 bits per heavy atom. The molecule has 1 aromatic rings. The van der Waals surface area contributed by atoms with Crippen LogP contribution in [0.3, 0.4) is 0 Å². The van der Waals surface area contributed by atoms with Gasteiger partial charge in [-0.3, -0.25) is 9.80 Å². The molecule has 3 rings (SSSR count). The second-order valence-corrected chi connectivity index (χ2v) is 6.08. The molecule has 0 radical (unpaired) electrons. The minimum Gasteiger partial charge on any atom is -0.315 e. The highest BCUT2D eigenvalue weighted by molar-refractivity contribution is 6.30. The summed E-state index contributed by atoms with van der Waals surface area (Å²) < 4.78 is 13.9. The molecule has 0 saturated carbocycles. The van der Waals surface area contributed by atoms with Crippen LogP contribution >= 0.6 is 24.0 Å². The Balaban J connectivity index is 0.00000161. The van der Waals surface area contributed by atoms with Crippen LogP contribution in [0.15, 0.2) is 18.2 Å². The number of hydrogen-bond acceptors (Lipinski definition) is 3. The van der Waals surface area contributed by atoms with Crippen molar-refractivity contribution in [2.75, 3.05) is 39.3 Å². The van der Waals surface area contributed by atoms with Gasteiger partial charge in [-0.2, -0.15) is 0 Å². The number of piperazine rings is 1. The van der Waals surface area contributed by atoms with Gasteiger partial charge in [-0.25, -0.2) is 4.39 Å². The van der Waals surface area contributed by atoms with Crippen molar-refractivity contribution in [2.45, 2.75) is 19.0 Å². The number of hydrogen-bond donors (Lipinski definition) is 1. The SMILES string of the molecule is Cl.Fc1c(Cl)cccc1CN1CCN(C2CCNC2)CC1. The molecule has 118 valence electrons. The van der Waals surface area contributed by atoms with Crippen LogP contribution in [0.2, 0.25) is 5.02 Å². The number of rotatable bonds is 3. The molecule has 0 aromatic heterocycles. The van der Waals surface area contributed by atoms with Crippen molar-refractivity contribution < 1.29 is 4.39 Å². The second-order valence-electron chi connectivity index (χ2n) is 5.67. The first-order valence-corrected chi connectivity index (χ1v) is 7.72. The highest BCUT2D eigenvalue weighted by Crippen LogP contribution is 2.20. The van der Waals surface area contributed by atoms with E-state index in [0.29, 0.717) is 18.2 Å². The molecule has 3 nitrogen and oxygen atoms in total. The van der Waals surface area contributed by atoms with Gasteiger partial charge in [0.1, 0.15) is 5.82 Å². The van der Waals surface area contributed by atoms with Crippen LogP contribution in [0.5, 0.6) is 0 Å². The van der Waals surface area contributed by atoms with Crippen molar-refractivity contribution in [2.24, 2.45) is 0 Å². The fourth-order valence-electron chi connectivity index (χ4n) is 3.15. The molecule has 21 heavy (non-hydrogen) atoms. The van der Waals surface area contributed by atoms with E-state index in [1.54, 1.807) is 6.07 Å². The first-order chi connectivity index (χ1) is 9.74. The third kappa shape index (κ3) is 4.08. The van der Waals surface area contributed by atoms with Crippen molar-refractivity contribution >= 4 is 24.0 Å². The molecule has 1 aromatic carbocycles. The van der Waals surface area contributed by atoms with Crippen LogP contribution in [-0.4, -0.2) is 55.1 Å². The number of halogens is 3. The molecule has 6 heteroatoms. The molecular formula is C15H22Cl2FN3. The fourth-order valence-corrected chi connectivity index (χ4v) is 3.34. The van der Waals surface area contributed by atoms with Gasteiger partial charge >= 0.3 is 0 Å². The van der Waals surface area contributed by atoms with E-state index in [2.05, 4.69) is 15.1 Å². The zero-order chi connectivity index (χ0) is 13.9. The molecule has 0 bridgehead atoms. The summed E-state index contributed by atoms with van der Waals surface area (Å²) >= 11 is 5.83. The molecule has 0 amide bonds. The van der Waals surface area contributed by atoms with E-state index < -0.39 is 0 Å². The Hall–Kier alpha value is -0.390. The largest absolute Gasteiger partial charge is 0.315 e. The molecule has 0 aliphatic carbocycles. The van der Waals surface area contributed by atoms with Gasteiger partial charge in [0, 0.05) is 50.9 Å². The third-order valence-electron chi connectivity index (χ3n) is 4.38. The maximum Gasteiger partial charge on any atom is 0.146 e. The summed E-state index contributed by atoms with van der Waals surface area (Å²) in [7, 11) is 0. The van der Waals surface area contributed by atoms with Gasteiger partial charge < -0.3 is 5.32 Å². The number of nitrogens with one attached hydrogen (secondary N) is 1. The van der Waals surface area contributed by atoms with Gasteiger partial charge in [-0.15, -0.1) is 12.4 Å². The molecule has 2 heterocycles. The molecule has 2 fully saturated rings. The zero-order valence-corrected chi connectivity index (χ0v) is 13.6. The summed E-state index contributed by atoms with van der Waals surface area (Å²) in [6.07, 6.45) is 1.25. The van der Waals surface area contributed by atoms with Gasteiger partial charge in [-0.1, -0.05) is 23.7 Å². The minimum absolute atomic E-state index is 0. The second kappa shape index (κ2) is 7.75. The number of nitrogens with zero attached hydrogens (tertiary/aromatic N) is 2. The monoisotopic (exact) mass is 333 g/mol. The van der Waals surface area contributed by atoms with Crippen LogP contribution in [0, 0.1) is 5.82 Å². The molecule has 1 atom stereocenters. The van der Waals surface area contributed by atoms with Gasteiger partial charge in [0.2, 0.25) is 0 Å². The van der Waals surface area contributed by atoms with E-state index in [1.165, 1.54) is 6.42 Å². The van der Waals surface area contributed by atoms with Crippen molar-refractivity contribution in [3.63, 3.8) is 0 Å². The van der Waals surface area contributed by atoms with E-state index in [-0.39, 0.29) is 23.2 Å². The van der Waals surface area contributed by atoms with Crippen LogP contribution < -0.4 is 5.32 Å². The van der Waals surface area contributed by atoms with E-state index in [0.717, 1.165) is 39.3 Å². The lowest BCUT2D eigenvalue weighted by Gasteiger charge is -2.37. The molecule has 0 spiro atoms. The predicted molar refractivity (Wildman–Crippen MR) is 86.8 cm³/mol. The Bertz CT molecular complexity index is 458. The Morgan fingerprint density at radius 1 is 1.24 bits per heavy atom. The molecule has 1 unspecified atom stereocenters. The van der Waals surface area contributed by atoms with Gasteiger partial charge in [0.15, 0.2) is 0 Å². The van der Waals surface area contributed by atoms with Gasteiger partial charge in [-0.05, 0) is 19.0 Å². The lowest BCUT2D eigenvalue weighted by molar-refractivity contribution is 0.0974. The number of benzene rings is 1. The molecule has 2 aliphatic heterocycles. The first kappa shape index (κ1) is 17.0. The van der Waals surface area contributed by atoms with Gasteiger partial charge in [0.25, 0.3) is 0 Å². The fraction of sp³-hybridized carbons (Fsp3) is 0.600. The van der Waals surface area contributed by atoms with Crippen molar-refractivity contribution in [3.05, 3.63) is 34.6 Å². The summed E-state index contributed by atoms with van der Waals surface area (Å²) in [5.74, 6) is -0.267. The third-order valence-corrected chi connectivity index (χ3v) is 4.68. The normalized spacial score (nSPS) is 24.0. The maximum absolute atomic E-state index is 13.9. The highest BCUT2D eigenvalue weighted by Gasteiger charge is 2.26. The van der Waals surface area contributed by atoms with Crippen molar-refractivity contribution in [1.29, 1.82) is 0 Å². The average molecular weight is 334 g/mol. The summed E-state index contributed by atoms with van der Waals surface area (Å²) in [6, 6.07) is 5.95. The van der Waals surface area contributed by atoms with E-state index in [9.17, 15) is 4.39 Å². The van der Waals surface area contributed by atoms with Crippen LogP contribution in [0.1, 0.15) is 12.0 Å². The van der Waals surface area contributed by atoms with Crippen molar-refractivity contribution in [3.8, 4) is 0 Å². The standard InChI is InChI=1S/C15H21ClFN3.ClH/c16-14-3-1-2-12(15(14)17)11-19-6-8-20(9-7-19)13-4-5-18-10-13;/h1-3,13,18H,4-11H2;1H. The van der Waals surface area contributed by atoms with E-state index in [4.69, 9.17) is 11.6 Å². The molecular weight excluding hydrogens is 312 g/mol. The minimum atomic E-state index is -0.267. The van der Waals surface area contributed by atoms with Crippen LogP contribution in [-0.2, 0) is 6.54 Å². The van der Waals surface area contributed by atoms with Crippen LogP contribution in [0.4, 0.5) is 4.39 Å². The quantitative estimate of drug-likeness (QED) is 0.916. The van der Waals surface area contributed by atoms with E-state index >= 15 is 0 Å². The lowest BCUT2D eigenvalue weighted by atomic mass is 10.1. The summed E-state index contributed by atoms with van der Waals surface area (Å²) in [5.41, 5.74) is 0.702. The molecule has 1 N–H and O–H groups in total. The van der Waals surface area contributed by atoms with E-state index in [1.807, 2.05) is 12.1 Å².